The molecule has 0 spiro atoms. The molecule has 0 fully saturated rings. The van der Waals surface area contributed by atoms with E-state index in [9.17, 15) is 9.18 Å². The molecule has 1 aliphatic heterocycles. The third kappa shape index (κ3) is 3.50. The lowest BCUT2D eigenvalue weighted by Gasteiger charge is -2.13. The summed E-state index contributed by atoms with van der Waals surface area (Å²) in [6, 6.07) is 12.6. The normalized spacial score (nSPS) is 17.2. The van der Waals surface area contributed by atoms with E-state index in [1.165, 1.54) is 12.1 Å². The van der Waals surface area contributed by atoms with Gasteiger partial charge in [-0.1, -0.05) is 29.8 Å². The number of rotatable bonds is 2. The summed E-state index contributed by atoms with van der Waals surface area (Å²) in [6.07, 6.45) is 3.68. The van der Waals surface area contributed by atoms with Crippen LogP contribution in [0.1, 0.15) is 36.1 Å². The summed E-state index contributed by atoms with van der Waals surface area (Å²) in [4.78, 5) is 16.4. The molecule has 0 saturated carbocycles. The van der Waals surface area contributed by atoms with Crippen LogP contribution in [-0.4, -0.2) is 18.0 Å². The summed E-state index contributed by atoms with van der Waals surface area (Å²) >= 11 is 0. The highest BCUT2D eigenvalue weighted by Crippen LogP contribution is 2.32. The molecular weight excluding hydrogens is 313 g/mol. The van der Waals surface area contributed by atoms with Crippen LogP contribution in [0.4, 0.5) is 4.39 Å². The van der Waals surface area contributed by atoms with Crippen molar-refractivity contribution in [2.45, 2.75) is 20.8 Å². The molecule has 0 aliphatic carbocycles. The molecule has 3 heteroatoms. The maximum Gasteiger partial charge on any atom is 0.152 e. The second-order valence-electron chi connectivity index (χ2n) is 6.20. The molecule has 0 amide bonds. The van der Waals surface area contributed by atoms with Gasteiger partial charge in [0.25, 0.3) is 0 Å². The van der Waals surface area contributed by atoms with Gasteiger partial charge in [0, 0.05) is 11.1 Å². The number of hydrogen-bond acceptors (Lipinski definition) is 2. The zero-order valence-electron chi connectivity index (χ0n) is 14.6. The number of benzene rings is 2. The predicted octanol–water partition coefficient (Wildman–Crippen LogP) is 4.90. The van der Waals surface area contributed by atoms with Crippen LogP contribution >= 0.6 is 0 Å². The first kappa shape index (κ1) is 17.0. The van der Waals surface area contributed by atoms with E-state index in [1.54, 1.807) is 25.1 Å². The molecule has 3 rings (SSSR count). The number of carbonyl (C=O) groups is 1. The molecule has 1 heterocycles. The van der Waals surface area contributed by atoms with Gasteiger partial charge in [-0.05, 0) is 67.8 Å². The molecule has 0 N–H and O–H groups in total. The van der Waals surface area contributed by atoms with E-state index >= 15 is 0 Å². The van der Waals surface area contributed by atoms with Crippen LogP contribution in [0.5, 0.6) is 0 Å². The third-order valence-corrected chi connectivity index (χ3v) is 4.26. The maximum atomic E-state index is 13.3. The van der Waals surface area contributed by atoms with Crippen molar-refractivity contribution < 1.29 is 9.18 Å². The number of ketones is 1. The van der Waals surface area contributed by atoms with Crippen LogP contribution in [0.15, 0.2) is 65.2 Å². The molecule has 0 saturated heterocycles. The highest BCUT2D eigenvalue weighted by Gasteiger charge is 2.20. The Morgan fingerprint density at radius 2 is 1.84 bits per heavy atom. The highest BCUT2D eigenvalue weighted by molar-refractivity contribution is 6.17. The smallest absolute Gasteiger partial charge is 0.152 e. The minimum absolute atomic E-state index is 0.00369. The van der Waals surface area contributed by atoms with E-state index in [1.807, 2.05) is 32.1 Å². The standard InChI is InChI=1S/C22H20FNO/c1-4-19-17(12-15(3)25)13-24-22(16-6-8-18(23)9-7-16)20-10-5-14(2)11-21(19)20/h4-12H,13H2,1-3H3/b17-12-,19-4?. The van der Waals surface area contributed by atoms with Gasteiger partial charge in [-0.25, -0.2) is 4.39 Å². The van der Waals surface area contributed by atoms with Crippen LogP contribution in [0, 0.1) is 12.7 Å². The topological polar surface area (TPSA) is 29.4 Å². The van der Waals surface area contributed by atoms with E-state index in [0.29, 0.717) is 6.54 Å². The number of halogens is 1. The number of nitrogens with zero attached hydrogens (tertiary/aromatic N) is 1. The molecule has 0 atom stereocenters. The number of hydrogen-bond donors (Lipinski definition) is 0. The van der Waals surface area contributed by atoms with Crippen molar-refractivity contribution in [3.8, 4) is 0 Å². The summed E-state index contributed by atoms with van der Waals surface area (Å²) < 4.78 is 13.3. The monoisotopic (exact) mass is 333 g/mol. The molecule has 0 bridgehead atoms. The Morgan fingerprint density at radius 3 is 2.48 bits per heavy atom. The average molecular weight is 333 g/mol. The Balaban J connectivity index is 2.26. The summed E-state index contributed by atoms with van der Waals surface area (Å²) in [5.41, 5.74) is 6.80. The van der Waals surface area contributed by atoms with Crippen molar-refractivity contribution in [2.24, 2.45) is 4.99 Å². The second kappa shape index (κ2) is 6.98. The SMILES string of the molecule is CC=C1/C(=C\C(C)=O)CN=C(c2ccc(F)cc2)c2ccc(C)cc21. The molecule has 0 aromatic heterocycles. The summed E-state index contributed by atoms with van der Waals surface area (Å²) in [7, 11) is 0. The largest absolute Gasteiger partial charge is 0.295 e. The lowest BCUT2D eigenvalue weighted by Crippen LogP contribution is -2.06. The number of aryl methyl sites for hydroxylation is 1. The molecule has 126 valence electrons. The number of fused-ring (bicyclic) bond motifs is 1. The summed E-state index contributed by atoms with van der Waals surface area (Å²) in [6.45, 7) is 5.98. The van der Waals surface area contributed by atoms with E-state index in [4.69, 9.17) is 4.99 Å². The fourth-order valence-electron chi connectivity index (χ4n) is 3.16. The van der Waals surface area contributed by atoms with Crippen molar-refractivity contribution in [2.75, 3.05) is 6.54 Å². The second-order valence-corrected chi connectivity index (χ2v) is 6.20. The number of aliphatic imine (C=N–C) groups is 1. The van der Waals surface area contributed by atoms with Crippen molar-refractivity contribution in [3.05, 3.63) is 88.3 Å². The van der Waals surface area contributed by atoms with Crippen molar-refractivity contribution in [1.29, 1.82) is 0 Å². The average Bonchev–Trinajstić information content (AvgIpc) is 2.71. The van der Waals surface area contributed by atoms with Gasteiger partial charge in [-0.2, -0.15) is 0 Å². The van der Waals surface area contributed by atoms with Gasteiger partial charge < -0.3 is 0 Å². The Morgan fingerprint density at radius 1 is 1.12 bits per heavy atom. The summed E-state index contributed by atoms with van der Waals surface area (Å²) in [5, 5.41) is 0. The van der Waals surface area contributed by atoms with E-state index in [2.05, 4.69) is 6.07 Å². The number of carbonyl (C=O) groups excluding carboxylic acids is 1. The lowest BCUT2D eigenvalue weighted by atomic mass is 9.89. The zero-order valence-corrected chi connectivity index (χ0v) is 14.6. The van der Waals surface area contributed by atoms with Crippen LogP contribution < -0.4 is 0 Å². The van der Waals surface area contributed by atoms with Gasteiger partial charge in [0.2, 0.25) is 0 Å². The summed E-state index contributed by atoms with van der Waals surface area (Å²) in [5.74, 6) is -0.266. The first-order valence-electron chi connectivity index (χ1n) is 8.29. The van der Waals surface area contributed by atoms with Crippen molar-refractivity contribution in [3.63, 3.8) is 0 Å². The Hall–Kier alpha value is -2.81. The molecule has 25 heavy (non-hydrogen) atoms. The Kier molecular flexibility index (Phi) is 4.75. The van der Waals surface area contributed by atoms with Crippen LogP contribution in [0.3, 0.4) is 0 Å². The fraction of sp³-hybridized carbons (Fsp3) is 0.182. The number of allylic oxidation sites excluding steroid dienone is 2. The first-order chi connectivity index (χ1) is 12.0. The zero-order chi connectivity index (χ0) is 18.0. The van der Waals surface area contributed by atoms with Gasteiger partial charge in [-0.3, -0.25) is 9.79 Å². The van der Waals surface area contributed by atoms with Gasteiger partial charge >= 0.3 is 0 Å². The highest BCUT2D eigenvalue weighted by atomic mass is 19.1. The fourth-order valence-corrected chi connectivity index (χ4v) is 3.16. The minimum atomic E-state index is -0.270. The predicted molar refractivity (Wildman–Crippen MR) is 101 cm³/mol. The van der Waals surface area contributed by atoms with Crippen LogP contribution in [-0.2, 0) is 4.79 Å². The molecular formula is C22H20FNO. The van der Waals surface area contributed by atoms with E-state index in [0.717, 1.165) is 39.1 Å². The van der Waals surface area contributed by atoms with Gasteiger partial charge in [0.15, 0.2) is 5.78 Å². The molecule has 1 aliphatic rings. The van der Waals surface area contributed by atoms with Crippen molar-refractivity contribution >= 4 is 17.1 Å². The quantitative estimate of drug-likeness (QED) is 0.719. The first-order valence-corrected chi connectivity index (χ1v) is 8.29. The van der Waals surface area contributed by atoms with Gasteiger partial charge in [0.05, 0.1) is 12.3 Å². The molecule has 0 radical (unpaired) electrons. The van der Waals surface area contributed by atoms with Gasteiger partial charge in [0.1, 0.15) is 5.82 Å². The lowest BCUT2D eigenvalue weighted by molar-refractivity contribution is -0.112. The van der Waals surface area contributed by atoms with Crippen LogP contribution in [0.2, 0.25) is 0 Å². The maximum absolute atomic E-state index is 13.3. The molecule has 0 unspecified atom stereocenters. The Bertz CT molecular complexity index is 918. The third-order valence-electron chi connectivity index (χ3n) is 4.26. The van der Waals surface area contributed by atoms with E-state index < -0.39 is 0 Å². The molecule has 2 nitrogen and oxygen atoms in total. The molecule has 2 aromatic carbocycles. The van der Waals surface area contributed by atoms with E-state index in [-0.39, 0.29) is 11.6 Å². The minimum Gasteiger partial charge on any atom is -0.295 e. The van der Waals surface area contributed by atoms with Crippen molar-refractivity contribution in [1.82, 2.24) is 0 Å². The Labute approximate surface area is 147 Å². The molecule has 2 aromatic rings. The van der Waals surface area contributed by atoms with Gasteiger partial charge in [-0.15, -0.1) is 0 Å². The van der Waals surface area contributed by atoms with Crippen LogP contribution in [0.25, 0.3) is 5.57 Å².